The first kappa shape index (κ1) is 6.57. The first-order valence-electron chi connectivity index (χ1n) is 3.37. The average molecular weight is 125 g/mol. The van der Waals surface area contributed by atoms with Gasteiger partial charge in [0.15, 0.2) is 0 Å². The lowest BCUT2D eigenvalue weighted by molar-refractivity contribution is 0.128. The van der Waals surface area contributed by atoms with Crippen LogP contribution in [0.3, 0.4) is 0 Å². The van der Waals surface area contributed by atoms with E-state index in [1.807, 2.05) is 0 Å². The lowest BCUT2D eigenvalue weighted by atomic mass is 9.94. The number of hydrogen-bond acceptors (Lipinski definition) is 1. The molecule has 1 N–H and O–H groups in total. The molecule has 0 aliphatic heterocycles. The molecule has 1 fully saturated rings. The van der Waals surface area contributed by atoms with E-state index in [2.05, 4.69) is 4.85 Å². The fourth-order valence-electron chi connectivity index (χ4n) is 1.19. The smallest absolute Gasteiger partial charge is 0.223 e. The number of rotatable bonds is 0. The predicted octanol–water partition coefficient (Wildman–Crippen LogP) is 1.21. The van der Waals surface area contributed by atoms with Crippen LogP contribution < -0.4 is 0 Å². The fourth-order valence-corrected chi connectivity index (χ4v) is 1.19. The van der Waals surface area contributed by atoms with Gasteiger partial charge in [0, 0.05) is 12.8 Å². The number of aliphatic hydroxyl groups excluding tert-OH is 1. The van der Waals surface area contributed by atoms with Crippen LogP contribution in [0, 0.1) is 6.57 Å². The Balaban J connectivity index is 2.28. The molecule has 0 aromatic rings. The predicted molar refractivity (Wildman–Crippen MR) is 34.9 cm³/mol. The second kappa shape index (κ2) is 2.84. The Hall–Kier alpha value is -0.550. The Morgan fingerprint density at radius 2 is 1.78 bits per heavy atom. The summed E-state index contributed by atoms with van der Waals surface area (Å²) in [5.41, 5.74) is 0. The lowest BCUT2D eigenvalue weighted by Gasteiger charge is -2.16. The van der Waals surface area contributed by atoms with Gasteiger partial charge in [0.1, 0.15) is 0 Å². The minimum absolute atomic E-state index is 0.122. The molecule has 0 spiro atoms. The van der Waals surface area contributed by atoms with Gasteiger partial charge in [-0.3, -0.25) is 0 Å². The van der Waals surface area contributed by atoms with Gasteiger partial charge in [0.2, 0.25) is 6.04 Å². The van der Waals surface area contributed by atoms with Crippen molar-refractivity contribution in [1.29, 1.82) is 0 Å². The molecule has 2 heteroatoms. The summed E-state index contributed by atoms with van der Waals surface area (Å²) in [6.07, 6.45) is 3.32. The van der Waals surface area contributed by atoms with Crippen LogP contribution in [0.15, 0.2) is 0 Å². The summed E-state index contributed by atoms with van der Waals surface area (Å²) in [7, 11) is 0. The quantitative estimate of drug-likeness (QED) is 0.483. The van der Waals surface area contributed by atoms with Gasteiger partial charge in [-0.1, -0.05) is 0 Å². The van der Waals surface area contributed by atoms with Crippen LogP contribution in [-0.2, 0) is 0 Å². The molecule has 9 heavy (non-hydrogen) atoms. The van der Waals surface area contributed by atoms with Gasteiger partial charge in [-0.25, -0.2) is 6.57 Å². The van der Waals surface area contributed by atoms with Crippen LogP contribution in [0.25, 0.3) is 4.85 Å². The van der Waals surface area contributed by atoms with Gasteiger partial charge < -0.3 is 9.95 Å². The van der Waals surface area contributed by atoms with E-state index in [0.29, 0.717) is 0 Å². The van der Waals surface area contributed by atoms with Crippen molar-refractivity contribution in [3.05, 3.63) is 11.4 Å². The van der Waals surface area contributed by atoms with E-state index in [9.17, 15) is 0 Å². The third-order valence-corrected chi connectivity index (χ3v) is 1.85. The van der Waals surface area contributed by atoms with E-state index in [4.69, 9.17) is 11.7 Å². The van der Waals surface area contributed by atoms with Gasteiger partial charge in [0.25, 0.3) is 0 Å². The zero-order valence-corrected chi connectivity index (χ0v) is 5.38. The summed E-state index contributed by atoms with van der Waals surface area (Å²) in [5, 5.41) is 9.02. The van der Waals surface area contributed by atoms with Gasteiger partial charge in [-0.05, 0) is 12.8 Å². The summed E-state index contributed by atoms with van der Waals surface area (Å²) in [6.45, 7) is 6.71. The first-order chi connectivity index (χ1) is 4.33. The zero-order valence-electron chi connectivity index (χ0n) is 5.38. The molecular weight excluding hydrogens is 114 g/mol. The van der Waals surface area contributed by atoms with Crippen molar-refractivity contribution in [2.24, 2.45) is 0 Å². The molecule has 1 aliphatic rings. The maximum atomic E-state index is 9.02. The minimum Gasteiger partial charge on any atom is -0.393 e. The highest BCUT2D eigenvalue weighted by Gasteiger charge is 2.21. The summed E-state index contributed by atoms with van der Waals surface area (Å²) >= 11 is 0. The van der Waals surface area contributed by atoms with Crippen molar-refractivity contribution >= 4 is 0 Å². The molecule has 2 nitrogen and oxygen atoms in total. The van der Waals surface area contributed by atoms with Crippen LogP contribution in [0.2, 0.25) is 0 Å². The molecule has 50 valence electrons. The standard InChI is InChI=1S/C7H11NO/c1-8-6-2-4-7(9)5-3-6/h6-7,9H,2-5H2. The van der Waals surface area contributed by atoms with Gasteiger partial charge in [-0.15, -0.1) is 0 Å². The topological polar surface area (TPSA) is 24.6 Å². The molecule has 0 aromatic carbocycles. The van der Waals surface area contributed by atoms with E-state index in [1.165, 1.54) is 0 Å². The fraction of sp³-hybridized carbons (Fsp3) is 0.857. The zero-order chi connectivity index (χ0) is 6.69. The summed E-state index contributed by atoms with van der Waals surface area (Å²) in [6, 6.07) is 0.202. The van der Waals surface area contributed by atoms with E-state index in [-0.39, 0.29) is 12.1 Å². The lowest BCUT2D eigenvalue weighted by Crippen LogP contribution is -2.19. The molecule has 0 bridgehead atoms. The molecule has 0 amide bonds. The summed E-state index contributed by atoms with van der Waals surface area (Å²) in [4.78, 5) is 3.42. The molecule has 0 saturated heterocycles. The van der Waals surface area contributed by atoms with Crippen molar-refractivity contribution in [1.82, 2.24) is 0 Å². The van der Waals surface area contributed by atoms with Crippen molar-refractivity contribution in [3.8, 4) is 0 Å². The second-order valence-electron chi connectivity index (χ2n) is 2.59. The van der Waals surface area contributed by atoms with Crippen LogP contribution in [0.5, 0.6) is 0 Å². The molecule has 1 saturated carbocycles. The third-order valence-electron chi connectivity index (χ3n) is 1.85. The van der Waals surface area contributed by atoms with Crippen molar-refractivity contribution in [3.63, 3.8) is 0 Å². The Morgan fingerprint density at radius 3 is 2.22 bits per heavy atom. The molecule has 0 unspecified atom stereocenters. The highest BCUT2D eigenvalue weighted by atomic mass is 16.3. The van der Waals surface area contributed by atoms with Crippen molar-refractivity contribution < 1.29 is 5.11 Å². The summed E-state index contributed by atoms with van der Waals surface area (Å²) < 4.78 is 0. The Morgan fingerprint density at radius 1 is 1.22 bits per heavy atom. The maximum Gasteiger partial charge on any atom is 0.223 e. The van der Waals surface area contributed by atoms with E-state index >= 15 is 0 Å². The van der Waals surface area contributed by atoms with Crippen LogP contribution >= 0.6 is 0 Å². The normalized spacial score (nSPS) is 35.6. The number of nitrogens with zero attached hydrogens (tertiary/aromatic N) is 1. The van der Waals surface area contributed by atoms with Crippen molar-refractivity contribution in [2.45, 2.75) is 37.8 Å². The largest absolute Gasteiger partial charge is 0.393 e. The monoisotopic (exact) mass is 125 g/mol. The van der Waals surface area contributed by atoms with E-state index in [1.54, 1.807) is 0 Å². The number of aliphatic hydroxyl groups is 1. The molecule has 0 aromatic heterocycles. The van der Waals surface area contributed by atoms with Gasteiger partial charge >= 0.3 is 0 Å². The van der Waals surface area contributed by atoms with Crippen LogP contribution in [-0.4, -0.2) is 17.3 Å². The van der Waals surface area contributed by atoms with Gasteiger partial charge in [-0.2, -0.15) is 0 Å². The van der Waals surface area contributed by atoms with Crippen LogP contribution in [0.4, 0.5) is 0 Å². The van der Waals surface area contributed by atoms with Crippen LogP contribution in [0.1, 0.15) is 25.7 Å². The number of hydrogen-bond donors (Lipinski definition) is 1. The highest BCUT2D eigenvalue weighted by Crippen LogP contribution is 2.20. The third kappa shape index (κ3) is 1.69. The second-order valence-corrected chi connectivity index (χ2v) is 2.59. The molecule has 1 rings (SSSR count). The SMILES string of the molecule is [C-]#[N+]C1CCC(O)CC1. The molecule has 0 atom stereocenters. The first-order valence-corrected chi connectivity index (χ1v) is 3.37. The molecule has 1 aliphatic carbocycles. The Bertz CT molecular complexity index is 119. The maximum absolute atomic E-state index is 9.02. The van der Waals surface area contributed by atoms with Crippen molar-refractivity contribution in [2.75, 3.05) is 0 Å². The van der Waals surface area contributed by atoms with Gasteiger partial charge in [0.05, 0.1) is 6.10 Å². The van der Waals surface area contributed by atoms with E-state index < -0.39 is 0 Å². The molecular formula is C7H11NO. The summed E-state index contributed by atoms with van der Waals surface area (Å²) in [5.74, 6) is 0. The average Bonchev–Trinajstić information content (AvgIpc) is 1.90. The highest BCUT2D eigenvalue weighted by molar-refractivity contribution is 4.84. The Labute approximate surface area is 55.3 Å². The minimum atomic E-state index is -0.122. The molecule has 0 radical (unpaired) electrons. The van der Waals surface area contributed by atoms with E-state index in [0.717, 1.165) is 25.7 Å². The molecule has 0 heterocycles. The Kier molecular flexibility index (Phi) is 2.07.